The Hall–Kier alpha value is -2.28. The fraction of sp³-hybridized carbons (Fsp3) is 0.0833. The molecule has 0 aliphatic carbocycles. The predicted octanol–water partition coefficient (Wildman–Crippen LogP) is 2.39. The van der Waals surface area contributed by atoms with E-state index in [0.717, 1.165) is 0 Å². The van der Waals surface area contributed by atoms with Gasteiger partial charge in [0.15, 0.2) is 11.5 Å². The highest BCUT2D eigenvalue weighted by Gasteiger charge is 2.14. The molecular weight excluding hydrogens is 288 g/mol. The quantitative estimate of drug-likeness (QED) is 0.737. The summed E-state index contributed by atoms with van der Waals surface area (Å²) in [6, 6.07) is 3.68. The third-order valence-corrected chi connectivity index (χ3v) is 3.02. The van der Waals surface area contributed by atoms with Gasteiger partial charge in [-0.05, 0) is 23.7 Å². The van der Waals surface area contributed by atoms with Crippen LogP contribution in [0.3, 0.4) is 0 Å². The second kappa shape index (κ2) is 4.68. The Morgan fingerprint density at radius 1 is 1.20 bits per heavy atom. The number of nitrogens with two attached hydrogens (primary N) is 1. The maximum Gasteiger partial charge on any atom is 0.226 e. The minimum atomic E-state index is -0.639. The van der Waals surface area contributed by atoms with Gasteiger partial charge < -0.3 is 10.3 Å². The third-order valence-electron chi connectivity index (χ3n) is 2.85. The van der Waals surface area contributed by atoms with Gasteiger partial charge in [-0.25, -0.2) is 13.8 Å². The summed E-state index contributed by atoms with van der Waals surface area (Å²) in [7, 11) is 0. The summed E-state index contributed by atoms with van der Waals surface area (Å²) < 4.78 is 28.7. The maximum atomic E-state index is 13.6. The Labute approximate surface area is 117 Å². The lowest BCUT2D eigenvalue weighted by Crippen LogP contribution is -2.05. The van der Waals surface area contributed by atoms with Gasteiger partial charge >= 0.3 is 0 Å². The van der Waals surface area contributed by atoms with Crippen LogP contribution in [-0.4, -0.2) is 19.5 Å². The molecule has 0 atom stereocenters. The second-order valence-corrected chi connectivity index (χ2v) is 4.46. The highest BCUT2D eigenvalue weighted by atomic mass is 35.5. The van der Waals surface area contributed by atoms with Crippen molar-refractivity contribution in [2.24, 2.45) is 0 Å². The Kier molecular flexibility index (Phi) is 2.98. The van der Waals surface area contributed by atoms with Crippen molar-refractivity contribution in [2.45, 2.75) is 6.54 Å². The van der Waals surface area contributed by atoms with Gasteiger partial charge in [0.2, 0.25) is 5.28 Å². The molecule has 2 heterocycles. The molecule has 0 saturated heterocycles. The van der Waals surface area contributed by atoms with E-state index in [4.69, 9.17) is 17.3 Å². The van der Waals surface area contributed by atoms with Crippen molar-refractivity contribution in [3.05, 3.63) is 47.0 Å². The lowest BCUT2D eigenvalue weighted by Gasteiger charge is -2.06. The largest absolute Gasteiger partial charge is 0.382 e. The molecule has 0 saturated carbocycles. The van der Waals surface area contributed by atoms with Crippen LogP contribution in [0.5, 0.6) is 0 Å². The molecular formula is C12H8ClF2N5. The number of hydrogen-bond donors (Lipinski definition) is 1. The van der Waals surface area contributed by atoms with Gasteiger partial charge in [0.25, 0.3) is 0 Å². The van der Waals surface area contributed by atoms with E-state index in [2.05, 4.69) is 15.0 Å². The summed E-state index contributed by atoms with van der Waals surface area (Å²) >= 11 is 5.73. The van der Waals surface area contributed by atoms with Crippen LogP contribution in [0.25, 0.3) is 11.2 Å². The van der Waals surface area contributed by atoms with E-state index >= 15 is 0 Å². The standard InChI is InChI=1S/C12H8ClF2N5/c13-12-18-10(16)9-11(19-12)20(5-17-9)4-6-7(14)2-1-3-8(6)15/h1-3,5H,4H2,(H2,16,18,19). The first-order valence-corrected chi connectivity index (χ1v) is 6.01. The summed E-state index contributed by atoms with van der Waals surface area (Å²) in [5, 5.41) is -0.0502. The van der Waals surface area contributed by atoms with Crippen LogP contribution in [0.4, 0.5) is 14.6 Å². The Bertz CT molecular complexity index is 782. The number of nitrogen functional groups attached to an aromatic ring is 1. The van der Waals surface area contributed by atoms with Crippen LogP contribution in [0.2, 0.25) is 5.28 Å². The number of fused-ring (bicyclic) bond motifs is 1. The summed E-state index contributed by atoms with van der Waals surface area (Å²) in [5.41, 5.74) is 6.24. The molecule has 1 aromatic carbocycles. The molecule has 2 N–H and O–H groups in total. The fourth-order valence-electron chi connectivity index (χ4n) is 1.91. The summed E-state index contributed by atoms with van der Waals surface area (Å²) in [6.45, 7) is -0.0677. The Morgan fingerprint density at radius 2 is 1.90 bits per heavy atom. The van der Waals surface area contributed by atoms with Crippen molar-refractivity contribution < 1.29 is 8.78 Å². The first-order valence-electron chi connectivity index (χ1n) is 5.63. The highest BCUT2D eigenvalue weighted by molar-refractivity contribution is 6.28. The van der Waals surface area contributed by atoms with Gasteiger partial charge in [0.1, 0.15) is 17.2 Å². The fourth-order valence-corrected chi connectivity index (χ4v) is 2.08. The van der Waals surface area contributed by atoms with Crippen molar-refractivity contribution in [1.82, 2.24) is 19.5 Å². The lowest BCUT2D eigenvalue weighted by atomic mass is 10.2. The Balaban J connectivity index is 2.12. The lowest BCUT2D eigenvalue weighted by molar-refractivity contribution is 0.546. The number of nitrogens with zero attached hydrogens (tertiary/aromatic N) is 4. The summed E-state index contributed by atoms with van der Waals surface area (Å²) in [5.74, 6) is -1.16. The number of imidazole rings is 1. The number of anilines is 1. The average molecular weight is 296 g/mol. The minimum absolute atomic E-state index is 0.0502. The van der Waals surface area contributed by atoms with E-state index in [1.54, 1.807) is 0 Å². The zero-order valence-electron chi connectivity index (χ0n) is 10.0. The monoisotopic (exact) mass is 295 g/mol. The molecule has 0 aliphatic heterocycles. The van der Waals surface area contributed by atoms with Crippen LogP contribution in [0.15, 0.2) is 24.5 Å². The van der Waals surface area contributed by atoms with E-state index < -0.39 is 11.6 Å². The van der Waals surface area contributed by atoms with E-state index in [0.29, 0.717) is 11.2 Å². The number of benzene rings is 1. The molecule has 8 heteroatoms. The van der Waals surface area contributed by atoms with Crippen LogP contribution >= 0.6 is 11.6 Å². The molecule has 20 heavy (non-hydrogen) atoms. The SMILES string of the molecule is Nc1nc(Cl)nc2c1ncn2Cc1c(F)cccc1F. The van der Waals surface area contributed by atoms with Crippen LogP contribution < -0.4 is 5.73 Å². The molecule has 0 radical (unpaired) electrons. The van der Waals surface area contributed by atoms with Crippen LogP contribution in [-0.2, 0) is 6.54 Å². The zero-order chi connectivity index (χ0) is 14.3. The molecule has 0 amide bonds. The molecule has 0 fully saturated rings. The molecule has 0 unspecified atom stereocenters. The van der Waals surface area contributed by atoms with Gasteiger partial charge in [-0.2, -0.15) is 9.97 Å². The molecule has 0 spiro atoms. The topological polar surface area (TPSA) is 69.6 Å². The molecule has 2 aromatic heterocycles. The van der Waals surface area contributed by atoms with Crippen molar-refractivity contribution in [3.63, 3.8) is 0 Å². The number of rotatable bonds is 2. The summed E-state index contributed by atoms with van der Waals surface area (Å²) in [4.78, 5) is 11.8. The second-order valence-electron chi connectivity index (χ2n) is 4.12. The Morgan fingerprint density at radius 3 is 2.60 bits per heavy atom. The van der Waals surface area contributed by atoms with Crippen LogP contribution in [0, 0.1) is 11.6 Å². The average Bonchev–Trinajstić information content (AvgIpc) is 2.77. The molecule has 0 aliphatic rings. The van der Waals surface area contributed by atoms with Crippen molar-refractivity contribution in [1.29, 1.82) is 0 Å². The molecule has 3 aromatic rings. The smallest absolute Gasteiger partial charge is 0.226 e. The minimum Gasteiger partial charge on any atom is -0.382 e. The first kappa shape index (κ1) is 12.7. The maximum absolute atomic E-state index is 13.6. The van der Waals surface area contributed by atoms with E-state index in [9.17, 15) is 8.78 Å². The molecule has 102 valence electrons. The zero-order valence-corrected chi connectivity index (χ0v) is 10.8. The normalized spacial score (nSPS) is 11.2. The number of aromatic nitrogens is 4. The van der Waals surface area contributed by atoms with Crippen molar-refractivity contribution in [3.8, 4) is 0 Å². The van der Waals surface area contributed by atoms with E-state index in [-0.39, 0.29) is 23.2 Å². The van der Waals surface area contributed by atoms with Gasteiger partial charge in [-0.3, -0.25) is 0 Å². The van der Waals surface area contributed by atoms with Gasteiger partial charge in [-0.1, -0.05) is 6.07 Å². The predicted molar refractivity (Wildman–Crippen MR) is 70.2 cm³/mol. The molecule has 3 rings (SSSR count). The van der Waals surface area contributed by atoms with E-state index in [1.165, 1.54) is 29.1 Å². The molecule has 0 bridgehead atoms. The van der Waals surface area contributed by atoms with Gasteiger partial charge in [-0.15, -0.1) is 0 Å². The van der Waals surface area contributed by atoms with Crippen molar-refractivity contribution in [2.75, 3.05) is 5.73 Å². The molecule has 5 nitrogen and oxygen atoms in total. The van der Waals surface area contributed by atoms with Gasteiger partial charge in [0, 0.05) is 5.56 Å². The highest BCUT2D eigenvalue weighted by Crippen LogP contribution is 2.20. The van der Waals surface area contributed by atoms with Crippen LogP contribution in [0.1, 0.15) is 5.56 Å². The van der Waals surface area contributed by atoms with E-state index in [1.807, 2.05) is 0 Å². The van der Waals surface area contributed by atoms with Crippen molar-refractivity contribution >= 4 is 28.6 Å². The first-order chi connectivity index (χ1) is 9.56. The number of hydrogen-bond acceptors (Lipinski definition) is 4. The van der Waals surface area contributed by atoms with Gasteiger partial charge in [0.05, 0.1) is 12.9 Å². The third kappa shape index (κ3) is 2.05. The number of halogens is 3. The summed E-state index contributed by atoms with van der Waals surface area (Å²) in [6.07, 6.45) is 1.39.